The molecule has 1 heterocycles. The van der Waals surface area contributed by atoms with E-state index in [4.69, 9.17) is 9.47 Å². The SMILES string of the molecule is COc1ccc(C[NH2+]C[C@@H]2CCCO2)cc1. The topological polar surface area (TPSA) is 35.1 Å². The Morgan fingerprint density at radius 3 is 2.81 bits per heavy atom. The summed E-state index contributed by atoms with van der Waals surface area (Å²) in [6.07, 6.45) is 2.92. The van der Waals surface area contributed by atoms with Crippen molar-refractivity contribution in [2.24, 2.45) is 0 Å². The molecule has 1 aliphatic rings. The molecule has 0 unspecified atom stereocenters. The molecule has 88 valence electrons. The van der Waals surface area contributed by atoms with E-state index in [-0.39, 0.29) is 0 Å². The third-order valence-electron chi connectivity index (χ3n) is 2.99. The summed E-state index contributed by atoms with van der Waals surface area (Å²) in [6.45, 7) is 3.04. The van der Waals surface area contributed by atoms with Gasteiger partial charge in [-0.25, -0.2) is 0 Å². The van der Waals surface area contributed by atoms with Gasteiger partial charge in [-0.05, 0) is 37.1 Å². The third kappa shape index (κ3) is 3.22. The Balaban J connectivity index is 1.71. The quantitative estimate of drug-likeness (QED) is 0.804. The normalized spacial score (nSPS) is 19.9. The van der Waals surface area contributed by atoms with Crippen LogP contribution in [0.2, 0.25) is 0 Å². The molecule has 0 saturated carbocycles. The molecule has 2 N–H and O–H groups in total. The van der Waals surface area contributed by atoms with Gasteiger partial charge in [-0.1, -0.05) is 0 Å². The molecule has 1 atom stereocenters. The number of quaternary nitrogens is 1. The summed E-state index contributed by atoms with van der Waals surface area (Å²) in [5.74, 6) is 0.919. The van der Waals surface area contributed by atoms with Crippen LogP contribution in [0, 0.1) is 0 Å². The molecule has 0 spiro atoms. The van der Waals surface area contributed by atoms with Gasteiger partial charge in [0.15, 0.2) is 0 Å². The van der Waals surface area contributed by atoms with Crippen LogP contribution in [0.3, 0.4) is 0 Å². The van der Waals surface area contributed by atoms with Crippen molar-refractivity contribution in [1.29, 1.82) is 0 Å². The second-order valence-corrected chi connectivity index (χ2v) is 4.21. The molecule has 0 bridgehead atoms. The van der Waals surface area contributed by atoms with E-state index in [0.717, 1.165) is 25.4 Å². The monoisotopic (exact) mass is 222 g/mol. The largest absolute Gasteiger partial charge is 0.497 e. The van der Waals surface area contributed by atoms with Gasteiger partial charge in [0.1, 0.15) is 24.9 Å². The van der Waals surface area contributed by atoms with Crippen LogP contribution in [0.1, 0.15) is 18.4 Å². The van der Waals surface area contributed by atoms with Gasteiger partial charge in [-0.2, -0.15) is 0 Å². The first-order chi connectivity index (χ1) is 7.88. The van der Waals surface area contributed by atoms with E-state index in [1.807, 2.05) is 12.1 Å². The number of benzene rings is 1. The number of rotatable bonds is 5. The van der Waals surface area contributed by atoms with E-state index in [0.29, 0.717) is 6.10 Å². The average molecular weight is 222 g/mol. The first-order valence-corrected chi connectivity index (χ1v) is 5.94. The lowest BCUT2D eigenvalue weighted by atomic mass is 10.2. The van der Waals surface area contributed by atoms with Gasteiger partial charge in [0.05, 0.1) is 7.11 Å². The van der Waals surface area contributed by atoms with Gasteiger partial charge in [0, 0.05) is 12.2 Å². The van der Waals surface area contributed by atoms with Gasteiger partial charge in [-0.15, -0.1) is 0 Å². The van der Waals surface area contributed by atoms with Gasteiger partial charge in [0.25, 0.3) is 0 Å². The van der Waals surface area contributed by atoms with E-state index >= 15 is 0 Å². The minimum atomic E-state index is 0.471. The molecule has 0 amide bonds. The molecule has 1 saturated heterocycles. The fourth-order valence-electron chi connectivity index (χ4n) is 2.03. The predicted octanol–water partition coefficient (Wildman–Crippen LogP) is 0.938. The van der Waals surface area contributed by atoms with Crippen LogP contribution in [-0.4, -0.2) is 26.4 Å². The van der Waals surface area contributed by atoms with Crippen LogP contribution < -0.4 is 10.1 Å². The van der Waals surface area contributed by atoms with E-state index in [1.165, 1.54) is 18.4 Å². The zero-order valence-electron chi connectivity index (χ0n) is 9.82. The highest BCUT2D eigenvalue weighted by Crippen LogP contribution is 2.11. The molecule has 1 fully saturated rings. The lowest BCUT2D eigenvalue weighted by Crippen LogP contribution is -2.84. The Labute approximate surface area is 96.8 Å². The predicted molar refractivity (Wildman–Crippen MR) is 62.5 cm³/mol. The van der Waals surface area contributed by atoms with Crippen LogP contribution >= 0.6 is 0 Å². The molecule has 1 aromatic carbocycles. The van der Waals surface area contributed by atoms with E-state index in [2.05, 4.69) is 17.4 Å². The number of hydrogen-bond acceptors (Lipinski definition) is 2. The molecule has 1 aliphatic heterocycles. The van der Waals surface area contributed by atoms with Gasteiger partial charge in [-0.3, -0.25) is 0 Å². The summed E-state index contributed by atoms with van der Waals surface area (Å²) in [4.78, 5) is 0. The average Bonchev–Trinajstić information content (AvgIpc) is 2.83. The maximum Gasteiger partial charge on any atom is 0.118 e. The summed E-state index contributed by atoms with van der Waals surface area (Å²) in [6, 6.07) is 8.25. The Morgan fingerprint density at radius 1 is 1.38 bits per heavy atom. The van der Waals surface area contributed by atoms with Crippen molar-refractivity contribution in [3.63, 3.8) is 0 Å². The summed E-state index contributed by atoms with van der Waals surface area (Å²) in [7, 11) is 1.69. The Bertz CT molecular complexity index is 304. The van der Waals surface area contributed by atoms with Gasteiger partial charge in [0.2, 0.25) is 0 Å². The molecular formula is C13H20NO2+. The van der Waals surface area contributed by atoms with E-state index in [1.54, 1.807) is 7.11 Å². The van der Waals surface area contributed by atoms with Gasteiger partial charge < -0.3 is 14.8 Å². The fraction of sp³-hybridized carbons (Fsp3) is 0.538. The molecule has 16 heavy (non-hydrogen) atoms. The van der Waals surface area contributed by atoms with Crippen molar-refractivity contribution in [2.45, 2.75) is 25.5 Å². The van der Waals surface area contributed by atoms with Crippen molar-refractivity contribution < 1.29 is 14.8 Å². The van der Waals surface area contributed by atoms with E-state index in [9.17, 15) is 0 Å². The maximum atomic E-state index is 5.58. The van der Waals surface area contributed by atoms with Crippen LogP contribution in [0.4, 0.5) is 0 Å². The lowest BCUT2D eigenvalue weighted by Gasteiger charge is -2.08. The Kier molecular flexibility index (Phi) is 4.19. The van der Waals surface area contributed by atoms with Crippen molar-refractivity contribution >= 4 is 0 Å². The lowest BCUT2D eigenvalue weighted by molar-refractivity contribution is -0.676. The molecule has 0 aliphatic carbocycles. The molecule has 0 aromatic heterocycles. The smallest absolute Gasteiger partial charge is 0.118 e. The minimum absolute atomic E-state index is 0.471. The maximum absolute atomic E-state index is 5.58. The molecule has 2 rings (SSSR count). The highest BCUT2D eigenvalue weighted by atomic mass is 16.5. The highest BCUT2D eigenvalue weighted by molar-refractivity contribution is 5.26. The summed E-state index contributed by atoms with van der Waals surface area (Å²) < 4.78 is 10.7. The first-order valence-electron chi connectivity index (χ1n) is 5.94. The standard InChI is InChI=1S/C13H19NO2/c1-15-12-6-4-11(5-7-12)9-14-10-13-3-2-8-16-13/h4-7,13-14H,2-3,8-10H2,1H3/p+1/t13-/m0/s1. The Hall–Kier alpha value is -1.06. The summed E-state index contributed by atoms with van der Waals surface area (Å²) in [5, 5.41) is 2.32. The van der Waals surface area contributed by atoms with Crippen LogP contribution in [0.15, 0.2) is 24.3 Å². The van der Waals surface area contributed by atoms with Crippen molar-refractivity contribution in [2.75, 3.05) is 20.3 Å². The highest BCUT2D eigenvalue weighted by Gasteiger charge is 2.16. The van der Waals surface area contributed by atoms with Crippen LogP contribution in [-0.2, 0) is 11.3 Å². The van der Waals surface area contributed by atoms with Crippen molar-refractivity contribution in [3.8, 4) is 5.75 Å². The van der Waals surface area contributed by atoms with Crippen molar-refractivity contribution in [3.05, 3.63) is 29.8 Å². The Morgan fingerprint density at radius 2 is 2.19 bits per heavy atom. The minimum Gasteiger partial charge on any atom is -0.497 e. The van der Waals surface area contributed by atoms with Gasteiger partial charge >= 0.3 is 0 Å². The molecule has 3 nitrogen and oxygen atoms in total. The first kappa shape index (κ1) is 11.4. The van der Waals surface area contributed by atoms with E-state index < -0.39 is 0 Å². The molecule has 1 aromatic rings. The second kappa shape index (κ2) is 5.87. The molecule has 3 heteroatoms. The zero-order chi connectivity index (χ0) is 11.2. The fourth-order valence-corrected chi connectivity index (χ4v) is 2.03. The molecule has 0 radical (unpaired) electrons. The zero-order valence-corrected chi connectivity index (χ0v) is 9.82. The number of methoxy groups -OCH3 is 1. The number of hydrogen-bond donors (Lipinski definition) is 1. The number of ether oxygens (including phenoxy) is 2. The van der Waals surface area contributed by atoms with Crippen LogP contribution in [0.25, 0.3) is 0 Å². The summed E-state index contributed by atoms with van der Waals surface area (Å²) >= 11 is 0. The number of nitrogens with two attached hydrogens (primary N) is 1. The van der Waals surface area contributed by atoms with Crippen LogP contribution in [0.5, 0.6) is 5.75 Å². The second-order valence-electron chi connectivity index (χ2n) is 4.21. The molecular weight excluding hydrogens is 202 g/mol. The van der Waals surface area contributed by atoms with Crippen molar-refractivity contribution in [1.82, 2.24) is 0 Å². The third-order valence-corrected chi connectivity index (χ3v) is 2.99. The summed E-state index contributed by atoms with van der Waals surface area (Å²) in [5.41, 5.74) is 1.33.